The first-order valence-electron chi connectivity index (χ1n) is 5.48. The van der Waals surface area contributed by atoms with E-state index in [2.05, 4.69) is 17.5 Å². The zero-order chi connectivity index (χ0) is 10.7. The summed E-state index contributed by atoms with van der Waals surface area (Å²) in [5.41, 5.74) is 0.645. The lowest BCUT2D eigenvalue weighted by molar-refractivity contribution is 0.245. The van der Waals surface area contributed by atoms with Gasteiger partial charge in [0.05, 0.1) is 0 Å². The molecule has 1 fully saturated rings. The largest absolute Gasteiger partial charge is 0.394 e. The van der Waals surface area contributed by atoms with Gasteiger partial charge in [-0.3, -0.25) is 0 Å². The maximum Gasteiger partial charge on any atom is 0.385 e. The molecule has 0 aliphatic heterocycles. The van der Waals surface area contributed by atoms with Crippen molar-refractivity contribution in [1.82, 2.24) is 0 Å². The van der Waals surface area contributed by atoms with E-state index in [0.717, 1.165) is 0 Å². The number of hydrogen-bond acceptors (Lipinski definition) is 3. The molecule has 1 aliphatic carbocycles. The van der Waals surface area contributed by atoms with Gasteiger partial charge in [-0.1, -0.05) is 18.9 Å². The molecule has 1 aliphatic rings. The lowest BCUT2D eigenvalue weighted by Gasteiger charge is -2.31. The van der Waals surface area contributed by atoms with Gasteiger partial charge < -0.3 is 8.85 Å². The van der Waals surface area contributed by atoms with Crippen LogP contribution in [-0.2, 0) is 8.85 Å². The van der Waals surface area contributed by atoms with E-state index in [0.29, 0.717) is 5.54 Å². The van der Waals surface area contributed by atoms with Crippen molar-refractivity contribution in [2.45, 2.75) is 31.2 Å². The van der Waals surface area contributed by atoms with Crippen LogP contribution in [0.5, 0.6) is 0 Å². The van der Waals surface area contributed by atoms with Gasteiger partial charge in [0.2, 0.25) is 0 Å². The number of rotatable bonds is 4. The van der Waals surface area contributed by atoms with Crippen molar-refractivity contribution >= 4 is 24.4 Å². The highest BCUT2D eigenvalue weighted by Gasteiger charge is 2.48. The Hall–Kier alpha value is -0.163. The highest BCUT2D eigenvalue weighted by atomic mass is 32.1. The molecule has 0 aromatic carbocycles. The molecule has 1 aromatic rings. The van der Waals surface area contributed by atoms with Crippen molar-refractivity contribution in [3.8, 4) is 0 Å². The van der Waals surface area contributed by atoms with E-state index in [1.807, 2.05) is 14.2 Å². The minimum Gasteiger partial charge on any atom is -0.394 e. The summed E-state index contributed by atoms with van der Waals surface area (Å²) in [6.45, 7) is 0. The van der Waals surface area contributed by atoms with Crippen LogP contribution in [0.4, 0.5) is 0 Å². The Kier molecular flexibility index (Phi) is 3.61. The van der Waals surface area contributed by atoms with E-state index < -0.39 is 8.56 Å². The first kappa shape index (κ1) is 11.3. The average molecular weight is 242 g/mol. The third kappa shape index (κ3) is 1.91. The van der Waals surface area contributed by atoms with Gasteiger partial charge in [-0.2, -0.15) is 0 Å². The van der Waals surface area contributed by atoms with E-state index in [1.165, 1.54) is 30.2 Å². The Morgan fingerprint density at radius 1 is 1.27 bits per heavy atom. The predicted octanol–water partition coefficient (Wildman–Crippen LogP) is 2.63. The van der Waals surface area contributed by atoms with Gasteiger partial charge in [0, 0.05) is 24.3 Å². The van der Waals surface area contributed by atoms with Crippen molar-refractivity contribution in [3.05, 3.63) is 17.5 Å². The molecule has 4 heteroatoms. The molecule has 1 aromatic heterocycles. The molecule has 0 spiro atoms. The van der Waals surface area contributed by atoms with Crippen molar-refractivity contribution in [2.75, 3.05) is 14.2 Å². The molecule has 0 bridgehead atoms. The summed E-state index contributed by atoms with van der Waals surface area (Å²) in [6, 6.07) is 4.26. The summed E-state index contributed by atoms with van der Waals surface area (Å²) in [5, 5.41) is 2.12. The van der Waals surface area contributed by atoms with Gasteiger partial charge in [0.25, 0.3) is 0 Å². The van der Waals surface area contributed by atoms with Crippen molar-refractivity contribution in [2.24, 2.45) is 0 Å². The zero-order valence-electron chi connectivity index (χ0n) is 9.36. The van der Waals surface area contributed by atoms with Gasteiger partial charge in [-0.15, -0.1) is 11.3 Å². The normalized spacial score (nSPS) is 18.5. The van der Waals surface area contributed by atoms with Gasteiger partial charge in [0.1, 0.15) is 0 Å². The molecular weight excluding hydrogens is 224 g/mol. The Morgan fingerprint density at radius 3 is 2.40 bits per heavy atom. The van der Waals surface area contributed by atoms with Crippen LogP contribution in [0.3, 0.4) is 0 Å². The maximum atomic E-state index is 5.84. The van der Waals surface area contributed by atoms with Crippen LogP contribution in [0.2, 0.25) is 5.54 Å². The van der Waals surface area contributed by atoms with E-state index in [9.17, 15) is 0 Å². The topological polar surface area (TPSA) is 18.5 Å². The van der Waals surface area contributed by atoms with Gasteiger partial charge >= 0.3 is 8.56 Å². The summed E-state index contributed by atoms with van der Waals surface area (Å²) in [6.07, 6.45) is 5.20. The molecule has 1 heterocycles. The molecule has 2 rings (SSSR count). The van der Waals surface area contributed by atoms with Crippen LogP contribution in [0.1, 0.15) is 25.7 Å². The van der Waals surface area contributed by atoms with Crippen LogP contribution in [0.25, 0.3) is 0 Å². The van der Waals surface area contributed by atoms with Crippen LogP contribution in [-0.4, -0.2) is 22.8 Å². The minimum absolute atomic E-state index is 0.645. The highest BCUT2D eigenvalue weighted by Crippen LogP contribution is 2.39. The fraction of sp³-hybridized carbons (Fsp3) is 0.636. The van der Waals surface area contributed by atoms with Crippen LogP contribution in [0.15, 0.2) is 17.5 Å². The zero-order valence-corrected chi connectivity index (χ0v) is 11.2. The van der Waals surface area contributed by atoms with Crippen LogP contribution < -0.4 is 4.50 Å². The summed E-state index contributed by atoms with van der Waals surface area (Å²) in [7, 11) is 1.51. The number of thiophene rings is 1. The molecule has 2 nitrogen and oxygen atoms in total. The molecule has 0 atom stereocenters. The summed E-state index contributed by atoms with van der Waals surface area (Å²) in [4.78, 5) is 0. The monoisotopic (exact) mass is 242 g/mol. The number of hydrogen-bond donors (Lipinski definition) is 0. The average Bonchev–Trinajstić information content (AvgIpc) is 2.92. The molecule has 84 valence electrons. The fourth-order valence-electron chi connectivity index (χ4n) is 2.60. The summed E-state index contributed by atoms with van der Waals surface area (Å²) >= 11 is 1.78. The lowest BCUT2D eigenvalue weighted by atomic mass is 10.4. The third-order valence-corrected chi connectivity index (χ3v) is 8.97. The Morgan fingerprint density at radius 2 is 1.93 bits per heavy atom. The standard InChI is InChI=1S/C11H18O2SSi/c1-12-15(13-2,10-6-3-4-7-10)11-8-5-9-14-11/h5,8-10H,3-4,6-7H2,1-2H3. The van der Waals surface area contributed by atoms with E-state index >= 15 is 0 Å². The Labute approximate surface area is 96.5 Å². The van der Waals surface area contributed by atoms with Crippen LogP contribution >= 0.6 is 11.3 Å². The molecule has 15 heavy (non-hydrogen) atoms. The van der Waals surface area contributed by atoms with Crippen LogP contribution in [0, 0.1) is 0 Å². The molecular formula is C11H18O2SSi. The first-order chi connectivity index (χ1) is 7.33. The molecule has 0 N–H and O–H groups in total. The predicted molar refractivity (Wildman–Crippen MR) is 65.9 cm³/mol. The second kappa shape index (κ2) is 4.78. The van der Waals surface area contributed by atoms with Crippen molar-refractivity contribution in [3.63, 3.8) is 0 Å². The minimum atomic E-state index is -2.12. The van der Waals surface area contributed by atoms with Crippen molar-refractivity contribution in [1.29, 1.82) is 0 Å². The van der Waals surface area contributed by atoms with E-state index in [-0.39, 0.29) is 0 Å². The van der Waals surface area contributed by atoms with Crippen molar-refractivity contribution < 1.29 is 8.85 Å². The molecule has 0 unspecified atom stereocenters. The molecule has 0 saturated heterocycles. The maximum absolute atomic E-state index is 5.84. The van der Waals surface area contributed by atoms with E-state index in [4.69, 9.17) is 8.85 Å². The smallest absolute Gasteiger partial charge is 0.385 e. The fourth-order valence-corrected chi connectivity index (χ4v) is 8.06. The summed E-state index contributed by atoms with van der Waals surface area (Å²) < 4.78 is 13.0. The first-order valence-corrected chi connectivity index (χ1v) is 8.25. The van der Waals surface area contributed by atoms with Gasteiger partial charge in [-0.05, 0) is 24.3 Å². The Balaban J connectivity index is 2.30. The van der Waals surface area contributed by atoms with Gasteiger partial charge in [-0.25, -0.2) is 0 Å². The molecule has 0 amide bonds. The Bertz CT molecular complexity index is 290. The molecule has 0 radical (unpaired) electrons. The van der Waals surface area contributed by atoms with Gasteiger partial charge in [0.15, 0.2) is 0 Å². The highest BCUT2D eigenvalue weighted by molar-refractivity contribution is 7.23. The second-order valence-corrected chi connectivity index (χ2v) is 8.85. The molecule has 1 saturated carbocycles. The lowest BCUT2D eigenvalue weighted by Crippen LogP contribution is -2.54. The SMILES string of the molecule is CO[Si](OC)(c1cccs1)C1CCCC1. The second-order valence-electron chi connectivity index (χ2n) is 4.03. The quantitative estimate of drug-likeness (QED) is 0.756. The summed E-state index contributed by atoms with van der Waals surface area (Å²) in [5.74, 6) is 0. The van der Waals surface area contributed by atoms with E-state index in [1.54, 1.807) is 11.3 Å². The third-order valence-electron chi connectivity index (χ3n) is 3.36.